The number of nitrogens with zero attached hydrogens (tertiary/aromatic N) is 5. The maximum atomic E-state index is 13.2. The first-order valence-corrected chi connectivity index (χ1v) is 8.77. The van der Waals surface area contributed by atoms with Gasteiger partial charge in [-0.3, -0.25) is 14.6 Å². The Morgan fingerprint density at radius 2 is 2.11 bits per heavy atom. The molecule has 2 aliphatic rings. The molecule has 2 aliphatic heterocycles. The van der Waals surface area contributed by atoms with Gasteiger partial charge in [0, 0.05) is 7.05 Å². The number of amides is 3. The number of likely N-dealkylation sites (N-methyl/N-ethyl adjacent to an activating group) is 1. The number of aliphatic imine (C=N–C) groups is 1. The van der Waals surface area contributed by atoms with Crippen LogP contribution in [-0.2, 0) is 11.3 Å². The lowest BCUT2D eigenvalue weighted by Crippen LogP contribution is -2.58. The van der Waals surface area contributed by atoms with Gasteiger partial charge in [0.15, 0.2) is 0 Å². The van der Waals surface area contributed by atoms with Crippen LogP contribution in [0.3, 0.4) is 0 Å². The van der Waals surface area contributed by atoms with Crippen LogP contribution in [0.25, 0.3) is 0 Å². The number of furan rings is 1. The van der Waals surface area contributed by atoms with Crippen LogP contribution in [0.1, 0.15) is 30.1 Å². The number of hydrogen-bond acceptors (Lipinski definition) is 4. The quantitative estimate of drug-likeness (QED) is 0.613. The summed E-state index contributed by atoms with van der Waals surface area (Å²) in [5.74, 6) is 1.62. The van der Waals surface area contributed by atoms with E-state index in [4.69, 9.17) is 4.42 Å². The summed E-state index contributed by atoms with van der Waals surface area (Å²) in [6.45, 7) is 10.3. The average Bonchev–Trinajstić information content (AvgIpc) is 3.31. The van der Waals surface area contributed by atoms with E-state index in [1.165, 1.54) is 9.80 Å². The standard InChI is InChI=1S/C19H22N5O3/c1-11(2)9-23-17(25)15-16(21(5)19(23)26)20-18-22(10-14-7-6-8-27-14)12(3)13(4)24(15)18/h6-8,15H,1,9-10H2,2-5H3/q+1. The molecular weight excluding hydrogens is 346 g/mol. The van der Waals surface area contributed by atoms with Crippen molar-refractivity contribution in [2.75, 3.05) is 13.6 Å². The van der Waals surface area contributed by atoms with Gasteiger partial charge in [-0.15, -0.1) is 0 Å². The summed E-state index contributed by atoms with van der Waals surface area (Å²) in [5, 5.41) is 0. The smallest absolute Gasteiger partial charge is 0.402 e. The molecule has 0 bridgehead atoms. The zero-order valence-corrected chi connectivity index (χ0v) is 15.9. The number of fused-ring (bicyclic) bond motifs is 3. The molecule has 2 aromatic rings. The van der Waals surface area contributed by atoms with Crippen LogP contribution in [0, 0.1) is 13.8 Å². The summed E-state index contributed by atoms with van der Waals surface area (Å²) < 4.78 is 9.39. The van der Waals surface area contributed by atoms with E-state index in [1.807, 2.05) is 35.1 Å². The normalized spacial score (nSPS) is 18.7. The molecule has 0 spiro atoms. The van der Waals surface area contributed by atoms with Crippen LogP contribution in [-0.4, -0.2) is 45.7 Å². The fourth-order valence-corrected chi connectivity index (χ4v) is 3.67. The highest BCUT2D eigenvalue weighted by Crippen LogP contribution is 2.35. The van der Waals surface area contributed by atoms with Crippen molar-refractivity contribution in [2.45, 2.75) is 33.4 Å². The van der Waals surface area contributed by atoms with Gasteiger partial charge in [-0.25, -0.2) is 13.9 Å². The highest BCUT2D eigenvalue weighted by molar-refractivity contribution is 6.20. The fraction of sp³-hybridized carbons (Fsp3) is 0.368. The summed E-state index contributed by atoms with van der Waals surface area (Å²) in [4.78, 5) is 33.2. The molecule has 27 heavy (non-hydrogen) atoms. The van der Waals surface area contributed by atoms with Crippen molar-refractivity contribution in [1.82, 2.24) is 14.4 Å². The highest BCUT2D eigenvalue weighted by atomic mass is 16.3. The first-order valence-electron chi connectivity index (χ1n) is 8.77. The van der Waals surface area contributed by atoms with Crippen molar-refractivity contribution in [3.05, 3.63) is 47.7 Å². The highest BCUT2D eigenvalue weighted by Gasteiger charge is 2.54. The van der Waals surface area contributed by atoms with Crippen molar-refractivity contribution < 1.29 is 18.6 Å². The van der Waals surface area contributed by atoms with Gasteiger partial charge in [0.05, 0.1) is 12.8 Å². The van der Waals surface area contributed by atoms with Gasteiger partial charge < -0.3 is 4.42 Å². The van der Waals surface area contributed by atoms with Crippen LogP contribution in [0.4, 0.5) is 10.7 Å². The number of urea groups is 1. The summed E-state index contributed by atoms with van der Waals surface area (Å²) in [7, 11) is 1.65. The Kier molecular flexibility index (Phi) is 3.80. The molecule has 1 saturated heterocycles. The fourth-order valence-electron chi connectivity index (χ4n) is 3.67. The first kappa shape index (κ1) is 17.3. The molecule has 3 amide bonds. The molecule has 4 heterocycles. The molecule has 0 radical (unpaired) electrons. The molecule has 0 N–H and O–H groups in total. The average molecular weight is 368 g/mol. The largest absolute Gasteiger partial charge is 0.466 e. The minimum Gasteiger partial charge on any atom is -0.466 e. The summed E-state index contributed by atoms with van der Waals surface area (Å²) >= 11 is 0. The van der Waals surface area contributed by atoms with E-state index >= 15 is 0 Å². The van der Waals surface area contributed by atoms with E-state index in [9.17, 15) is 9.59 Å². The molecule has 1 atom stereocenters. The Balaban J connectivity index is 1.82. The number of amidine groups is 1. The topological polar surface area (TPSA) is 74.9 Å². The van der Waals surface area contributed by atoms with Crippen molar-refractivity contribution >= 4 is 23.7 Å². The second-order valence-electron chi connectivity index (χ2n) is 7.10. The number of carbonyl (C=O) groups excluding carboxylic acids is 2. The third-order valence-corrected chi connectivity index (χ3v) is 5.15. The second-order valence-corrected chi connectivity index (χ2v) is 7.10. The van der Waals surface area contributed by atoms with Crippen molar-refractivity contribution in [3.63, 3.8) is 0 Å². The Bertz CT molecular complexity index is 999. The Morgan fingerprint density at radius 3 is 2.74 bits per heavy atom. The van der Waals surface area contributed by atoms with E-state index in [-0.39, 0.29) is 18.5 Å². The number of imide groups is 1. The number of carbonyl (C=O) groups is 2. The SMILES string of the molecule is C=C(C)CN1C(=O)C2C(=Nc3n2c(C)c(C)[n+]3Cc2ccco2)N(C)C1=O. The van der Waals surface area contributed by atoms with Gasteiger partial charge in [-0.2, -0.15) is 0 Å². The van der Waals surface area contributed by atoms with Crippen LogP contribution in [0.2, 0.25) is 0 Å². The van der Waals surface area contributed by atoms with Crippen molar-refractivity contribution in [2.24, 2.45) is 4.99 Å². The third-order valence-electron chi connectivity index (χ3n) is 5.15. The Hall–Kier alpha value is -3.16. The molecule has 1 unspecified atom stereocenters. The zero-order valence-electron chi connectivity index (χ0n) is 15.9. The minimum absolute atomic E-state index is 0.201. The monoisotopic (exact) mass is 368 g/mol. The molecule has 1 fully saturated rings. The van der Waals surface area contributed by atoms with Gasteiger partial charge >= 0.3 is 12.0 Å². The molecule has 140 valence electrons. The summed E-state index contributed by atoms with van der Waals surface area (Å²) in [6.07, 6.45) is 1.63. The molecule has 0 aliphatic carbocycles. The Labute approximate surface area is 157 Å². The lowest BCUT2D eigenvalue weighted by atomic mass is 10.1. The molecule has 4 rings (SSSR count). The predicted octanol–water partition coefficient (Wildman–Crippen LogP) is 2.09. The molecule has 0 saturated carbocycles. The van der Waals surface area contributed by atoms with E-state index in [0.29, 0.717) is 18.3 Å². The van der Waals surface area contributed by atoms with Gasteiger partial charge in [0.25, 0.3) is 5.91 Å². The van der Waals surface area contributed by atoms with E-state index in [0.717, 1.165) is 22.7 Å². The lowest BCUT2D eigenvalue weighted by Gasteiger charge is -2.33. The number of imidazole rings is 1. The second kappa shape index (κ2) is 5.94. The summed E-state index contributed by atoms with van der Waals surface area (Å²) in [5.41, 5.74) is 2.69. The molecular formula is C19H22N5O3+. The van der Waals surface area contributed by atoms with Crippen molar-refractivity contribution in [1.29, 1.82) is 0 Å². The van der Waals surface area contributed by atoms with Gasteiger partial charge in [-0.05, 0) is 32.9 Å². The van der Waals surface area contributed by atoms with Gasteiger partial charge in [0.1, 0.15) is 23.7 Å². The van der Waals surface area contributed by atoms with Crippen LogP contribution in [0.15, 0.2) is 40.0 Å². The summed E-state index contributed by atoms with van der Waals surface area (Å²) in [6, 6.07) is 2.72. The number of hydrogen-bond donors (Lipinski definition) is 0. The van der Waals surface area contributed by atoms with Gasteiger partial charge in [0.2, 0.25) is 11.9 Å². The third kappa shape index (κ3) is 2.43. The maximum Gasteiger partial charge on any atom is 0.402 e. The Morgan fingerprint density at radius 1 is 1.37 bits per heavy atom. The van der Waals surface area contributed by atoms with Gasteiger partial charge in [-0.1, -0.05) is 17.1 Å². The molecule has 8 heteroatoms. The minimum atomic E-state index is -0.640. The van der Waals surface area contributed by atoms with Crippen LogP contribution < -0.4 is 4.57 Å². The van der Waals surface area contributed by atoms with Crippen LogP contribution in [0.5, 0.6) is 0 Å². The predicted molar refractivity (Wildman–Crippen MR) is 97.7 cm³/mol. The first-order chi connectivity index (χ1) is 12.8. The lowest BCUT2D eigenvalue weighted by molar-refractivity contribution is -0.682. The molecule has 8 nitrogen and oxygen atoms in total. The van der Waals surface area contributed by atoms with Crippen molar-refractivity contribution in [3.8, 4) is 0 Å². The maximum absolute atomic E-state index is 13.2. The van der Waals surface area contributed by atoms with E-state index in [2.05, 4.69) is 11.6 Å². The molecule has 0 aromatic carbocycles. The molecule has 2 aromatic heterocycles. The zero-order chi connectivity index (χ0) is 19.5. The van der Waals surface area contributed by atoms with E-state index < -0.39 is 6.04 Å². The number of rotatable bonds is 4. The number of aromatic nitrogens is 2. The van der Waals surface area contributed by atoms with Crippen LogP contribution >= 0.6 is 0 Å². The van der Waals surface area contributed by atoms with E-state index in [1.54, 1.807) is 20.2 Å².